The van der Waals surface area contributed by atoms with Gasteiger partial charge in [0.15, 0.2) is 0 Å². The van der Waals surface area contributed by atoms with Crippen molar-refractivity contribution in [1.29, 1.82) is 0 Å². The van der Waals surface area contributed by atoms with E-state index in [1.165, 1.54) is 0 Å². The van der Waals surface area contributed by atoms with Crippen LogP contribution < -0.4 is 9.47 Å². The molecule has 3 aromatic rings. The number of benzene rings is 3. The van der Waals surface area contributed by atoms with Gasteiger partial charge >= 0.3 is 5.97 Å². The fourth-order valence-corrected chi connectivity index (χ4v) is 3.60. The van der Waals surface area contributed by atoms with Crippen LogP contribution in [0.3, 0.4) is 0 Å². The topological polar surface area (TPSA) is 57.1 Å². The van der Waals surface area contributed by atoms with Crippen LogP contribution in [-0.4, -0.2) is 24.9 Å². The lowest BCUT2D eigenvalue weighted by atomic mass is 9.91. The van der Waals surface area contributed by atoms with Crippen molar-refractivity contribution in [3.8, 4) is 11.5 Å². The van der Waals surface area contributed by atoms with Crippen molar-refractivity contribution >= 4 is 11.7 Å². The van der Waals surface area contributed by atoms with Gasteiger partial charge in [0.25, 0.3) is 0 Å². The molecular formula is C25H23NO4. The van der Waals surface area contributed by atoms with Gasteiger partial charge in [-0.2, -0.15) is 0 Å². The van der Waals surface area contributed by atoms with E-state index in [2.05, 4.69) is 5.16 Å². The molecule has 3 aromatic carbocycles. The summed E-state index contributed by atoms with van der Waals surface area (Å²) < 4.78 is 11.2. The first-order chi connectivity index (χ1) is 14.7. The standard InChI is InChI=1S/C25H23NO4/c1-17-15-22(21-14-13-20(28-2)16-23(21)29-17)26-30-25(27)24(18-9-5-3-6-10-18)19-11-7-4-8-12-19/h3-14,16-17,24H,15H2,1-2H3/b26-22+/t17-/m1/s1. The number of oxime groups is 1. The largest absolute Gasteiger partial charge is 0.497 e. The average molecular weight is 401 g/mol. The van der Waals surface area contributed by atoms with Gasteiger partial charge in [0.05, 0.1) is 12.8 Å². The molecule has 1 aliphatic heterocycles. The lowest BCUT2D eigenvalue weighted by Gasteiger charge is -2.24. The van der Waals surface area contributed by atoms with Gasteiger partial charge in [0.2, 0.25) is 0 Å². The highest BCUT2D eigenvalue weighted by Crippen LogP contribution is 2.32. The maximum absolute atomic E-state index is 13.1. The zero-order valence-corrected chi connectivity index (χ0v) is 16.9. The summed E-state index contributed by atoms with van der Waals surface area (Å²) in [6, 6.07) is 24.7. The van der Waals surface area contributed by atoms with Crippen molar-refractivity contribution in [2.45, 2.75) is 25.4 Å². The van der Waals surface area contributed by atoms with Crippen molar-refractivity contribution in [2.24, 2.45) is 5.16 Å². The summed E-state index contributed by atoms with van der Waals surface area (Å²) in [5.41, 5.74) is 3.20. The predicted octanol–water partition coefficient (Wildman–Crippen LogP) is 4.95. The third-order valence-corrected chi connectivity index (χ3v) is 5.06. The van der Waals surface area contributed by atoms with E-state index in [1.807, 2.05) is 85.8 Å². The van der Waals surface area contributed by atoms with Crippen molar-refractivity contribution in [3.05, 3.63) is 95.6 Å². The van der Waals surface area contributed by atoms with E-state index in [0.717, 1.165) is 16.7 Å². The number of fused-ring (bicyclic) bond motifs is 1. The monoisotopic (exact) mass is 401 g/mol. The van der Waals surface area contributed by atoms with Crippen LogP contribution in [0.4, 0.5) is 0 Å². The molecule has 0 aliphatic carbocycles. The minimum atomic E-state index is -0.552. The van der Waals surface area contributed by atoms with Gasteiger partial charge in [0.1, 0.15) is 23.5 Å². The van der Waals surface area contributed by atoms with Crippen LogP contribution in [0.1, 0.15) is 36.0 Å². The Kier molecular flexibility index (Phi) is 5.80. The predicted molar refractivity (Wildman–Crippen MR) is 115 cm³/mol. The number of hydrogen-bond acceptors (Lipinski definition) is 5. The van der Waals surface area contributed by atoms with Gasteiger partial charge < -0.3 is 14.3 Å². The molecule has 5 nitrogen and oxygen atoms in total. The first kappa shape index (κ1) is 19.7. The van der Waals surface area contributed by atoms with Gasteiger partial charge in [-0.05, 0) is 30.2 Å². The van der Waals surface area contributed by atoms with E-state index in [4.69, 9.17) is 14.3 Å². The highest BCUT2D eigenvalue weighted by molar-refractivity contribution is 6.04. The molecule has 0 aromatic heterocycles. The second-order valence-corrected chi connectivity index (χ2v) is 7.20. The first-order valence-electron chi connectivity index (χ1n) is 9.88. The second kappa shape index (κ2) is 8.82. The molecule has 0 unspecified atom stereocenters. The molecule has 0 amide bonds. The Labute approximate surface area is 175 Å². The Morgan fingerprint density at radius 1 is 1.00 bits per heavy atom. The van der Waals surface area contributed by atoms with Gasteiger partial charge in [0, 0.05) is 18.1 Å². The van der Waals surface area contributed by atoms with Crippen LogP contribution >= 0.6 is 0 Å². The van der Waals surface area contributed by atoms with Crippen LogP contribution in [0.2, 0.25) is 0 Å². The van der Waals surface area contributed by atoms with Crippen LogP contribution in [-0.2, 0) is 9.63 Å². The number of carbonyl (C=O) groups is 1. The molecular weight excluding hydrogens is 378 g/mol. The summed E-state index contributed by atoms with van der Waals surface area (Å²) in [7, 11) is 1.61. The molecule has 152 valence electrons. The minimum Gasteiger partial charge on any atom is -0.497 e. The maximum Gasteiger partial charge on any atom is 0.346 e. The van der Waals surface area contributed by atoms with Gasteiger partial charge in [-0.3, -0.25) is 0 Å². The number of nitrogens with zero attached hydrogens (tertiary/aromatic N) is 1. The zero-order chi connectivity index (χ0) is 20.9. The van der Waals surface area contributed by atoms with E-state index in [1.54, 1.807) is 7.11 Å². The molecule has 0 saturated carbocycles. The van der Waals surface area contributed by atoms with E-state index in [9.17, 15) is 4.79 Å². The fraction of sp³-hybridized carbons (Fsp3) is 0.200. The van der Waals surface area contributed by atoms with Crippen LogP contribution in [0.15, 0.2) is 84.0 Å². The SMILES string of the molecule is COc1ccc2c(c1)O[C@H](C)C/C2=N\OC(=O)C(c1ccccc1)c1ccccc1. The molecule has 0 radical (unpaired) electrons. The summed E-state index contributed by atoms with van der Waals surface area (Å²) in [6.45, 7) is 1.95. The molecule has 0 N–H and O–H groups in total. The lowest BCUT2D eigenvalue weighted by Crippen LogP contribution is -2.25. The molecule has 5 heteroatoms. The highest BCUT2D eigenvalue weighted by atomic mass is 16.7. The fourth-order valence-electron chi connectivity index (χ4n) is 3.60. The molecule has 4 rings (SSSR count). The van der Waals surface area contributed by atoms with Crippen molar-refractivity contribution in [3.63, 3.8) is 0 Å². The number of ether oxygens (including phenoxy) is 2. The number of hydrogen-bond donors (Lipinski definition) is 0. The van der Waals surface area contributed by atoms with E-state index >= 15 is 0 Å². The third-order valence-electron chi connectivity index (χ3n) is 5.06. The molecule has 0 fully saturated rings. The third kappa shape index (κ3) is 4.20. The first-order valence-corrected chi connectivity index (χ1v) is 9.88. The van der Waals surface area contributed by atoms with Crippen molar-refractivity contribution in [2.75, 3.05) is 7.11 Å². The Hall–Kier alpha value is -3.60. The Balaban J connectivity index is 1.63. The summed E-state index contributed by atoms with van der Waals surface area (Å²) >= 11 is 0. The summed E-state index contributed by atoms with van der Waals surface area (Å²) in [4.78, 5) is 18.6. The van der Waals surface area contributed by atoms with Crippen molar-refractivity contribution < 1.29 is 19.1 Å². The molecule has 30 heavy (non-hydrogen) atoms. The van der Waals surface area contributed by atoms with E-state index in [0.29, 0.717) is 23.6 Å². The Morgan fingerprint density at radius 2 is 1.63 bits per heavy atom. The van der Waals surface area contributed by atoms with Crippen LogP contribution in [0, 0.1) is 0 Å². The van der Waals surface area contributed by atoms with Crippen LogP contribution in [0.25, 0.3) is 0 Å². The smallest absolute Gasteiger partial charge is 0.346 e. The average Bonchev–Trinajstić information content (AvgIpc) is 2.78. The maximum atomic E-state index is 13.1. The van der Waals surface area contributed by atoms with E-state index < -0.39 is 11.9 Å². The quantitative estimate of drug-likeness (QED) is 0.449. The Bertz CT molecular complexity index is 1010. The number of rotatable bonds is 5. The summed E-state index contributed by atoms with van der Waals surface area (Å²) in [5.74, 6) is 0.399. The zero-order valence-electron chi connectivity index (χ0n) is 16.9. The molecule has 1 aliphatic rings. The second-order valence-electron chi connectivity index (χ2n) is 7.20. The molecule has 0 spiro atoms. The minimum absolute atomic E-state index is 0.0823. The number of methoxy groups -OCH3 is 1. The van der Waals surface area contributed by atoms with Gasteiger partial charge in [-0.25, -0.2) is 4.79 Å². The number of carbonyl (C=O) groups excluding carboxylic acids is 1. The van der Waals surface area contributed by atoms with Gasteiger partial charge in [-0.15, -0.1) is 0 Å². The normalized spacial score (nSPS) is 16.6. The summed E-state index contributed by atoms with van der Waals surface area (Å²) in [6.07, 6.45) is 0.467. The van der Waals surface area contributed by atoms with E-state index in [-0.39, 0.29) is 6.10 Å². The summed E-state index contributed by atoms with van der Waals surface area (Å²) in [5, 5.41) is 4.25. The molecule has 1 heterocycles. The van der Waals surface area contributed by atoms with Crippen molar-refractivity contribution in [1.82, 2.24) is 0 Å². The van der Waals surface area contributed by atoms with Gasteiger partial charge in [-0.1, -0.05) is 65.8 Å². The lowest BCUT2D eigenvalue weighted by molar-refractivity contribution is -0.144. The molecule has 1 atom stereocenters. The Morgan fingerprint density at radius 3 is 2.23 bits per heavy atom. The highest BCUT2D eigenvalue weighted by Gasteiger charge is 2.27. The van der Waals surface area contributed by atoms with Crippen LogP contribution in [0.5, 0.6) is 11.5 Å². The molecule has 0 saturated heterocycles. The molecule has 0 bridgehead atoms.